The molecular formula is C21H29N5O3S. The first-order chi connectivity index (χ1) is 14.4. The Kier molecular flexibility index (Phi) is 7.36. The summed E-state index contributed by atoms with van der Waals surface area (Å²) in [6, 6.07) is 4.97. The molecule has 0 saturated carbocycles. The fraction of sp³-hybridized carbons (Fsp3) is 0.524. The highest BCUT2D eigenvalue weighted by Crippen LogP contribution is 2.25. The van der Waals surface area contributed by atoms with Gasteiger partial charge in [-0.1, -0.05) is 19.8 Å². The van der Waals surface area contributed by atoms with Crippen LogP contribution in [0.3, 0.4) is 0 Å². The van der Waals surface area contributed by atoms with Crippen molar-refractivity contribution in [1.82, 2.24) is 15.0 Å². The van der Waals surface area contributed by atoms with E-state index in [0.717, 1.165) is 57.3 Å². The lowest BCUT2D eigenvalue weighted by Gasteiger charge is -2.32. The molecule has 1 saturated heterocycles. The lowest BCUT2D eigenvalue weighted by atomic mass is 9.90. The van der Waals surface area contributed by atoms with Gasteiger partial charge in [-0.2, -0.15) is 0 Å². The van der Waals surface area contributed by atoms with Crippen LogP contribution >= 0.6 is 0 Å². The van der Waals surface area contributed by atoms with Crippen molar-refractivity contribution in [2.75, 3.05) is 29.6 Å². The zero-order chi connectivity index (χ0) is 21.6. The van der Waals surface area contributed by atoms with Gasteiger partial charge in [-0.3, -0.25) is 4.79 Å². The molecule has 0 aliphatic carbocycles. The Morgan fingerprint density at radius 2 is 1.93 bits per heavy atom. The average molecular weight is 432 g/mol. The number of ketones is 1. The van der Waals surface area contributed by atoms with Crippen LogP contribution in [0.25, 0.3) is 0 Å². The van der Waals surface area contributed by atoms with E-state index in [9.17, 15) is 13.2 Å². The molecule has 1 aliphatic rings. The van der Waals surface area contributed by atoms with Crippen molar-refractivity contribution in [1.29, 1.82) is 0 Å². The van der Waals surface area contributed by atoms with E-state index in [-0.39, 0.29) is 10.9 Å². The maximum atomic E-state index is 12.4. The van der Waals surface area contributed by atoms with Crippen LogP contribution in [0.4, 0.5) is 17.3 Å². The second kappa shape index (κ2) is 9.97. The van der Waals surface area contributed by atoms with Gasteiger partial charge in [0, 0.05) is 37.8 Å². The molecule has 0 spiro atoms. The second-order valence-electron chi connectivity index (χ2n) is 7.73. The van der Waals surface area contributed by atoms with E-state index in [2.05, 4.69) is 32.1 Å². The Bertz CT molecular complexity index is 955. The summed E-state index contributed by atoms with van der Waals surface area (Å²) in [4.78, 5) is 27.1. The van der Waals surface area contributed by atoms with Crippen LogP contribution < -0.4 is 10.2 Å². The summed E-state index contributed by atoms with van der Waals surface area (Å²) >= 11 is 0. The molecule has 0 aromatic carbocycles. The van der Waals surface area contributed by atoms with Gasteiger partial charge >= 0.3 is 0 Å². The van der Waals surface area contributed by atoms with Crippen LogP contribution in [0.1, 0.15) is 45.4 Å². The van der Waals surface area contributed by atoms with Gasteiger partial charge in [0.05, 0.1) is 11.9 Å². The Morgan fingerprint density at radius 3 is 2.57 bits per heavy atom. The number of piperidine rings is 1. The third-order valence-electron chi connectivity index (χ3n) is 5.34. The molecule has 0 atom stereocenters. The molecule has 1 N–H and O–H groups in total. The van der Waals surface area contributed by atoms with Crippen molar-refractivity contribution in [3.8, 4) is 0 Å². The first-order valence-corrected chi connectivity index (χ1v) is 12.3. The summed E-state index contributed by atoms with van der Waals surface area (Å²) in [5.74, 6) is 1.98. The second-order valence-corrected chi connectivity index (χ2v) is 9.69. The number of hydrogen-bond donors (Lipinski definition) is 1. The molecule has 30 heavy (non-hydrogen) atoms. The van der Waals surface area contributed by atoms with Crippen molar-refractivity contribution in [3.05, 3.63) is 30.7 Å². The van der Waals surface area contributed by atoms with Crippen molar-refractivity contribution in [2.45, 2.75) is 50.5 Å². The normalized spacial score (nSPS) is 15.2. The van der Waals surface area contributed by atoms with E-state index in [0.29, 0.717) is 23.7 Å². The molecule has 8 nitrogen and oxygen atoms in total. The molecule has 9 heteroatoms. The Labute approximate surface area is 178 Å². The first kappa shape index (κ1) is 22.1. The summed E-state index contributed by atoms with van der Waals surface area (Å²) < 4.78 is 23.0. The number of nitrogens with zero attached hydrogens (tertiary/aromatic N) is 4. The maximum Gasteiger partial charge on any atom is 0.192 e. The smallest absolute Gasteiger partial charge is 0.192 e. The largest absolute Gasteiger partial charge is 0.356 e. The molecule has 162 valence electrons. The highest BCUT2D eigenvalue weighted by atomic mass is 32.2. The highest BCUT2D eigenvalue weighted by Gasteiger charge is 2.25. The van der Waals surface area contributed by atoms with Crippen molar-refractivity contribution in [3.63, 3.8) is 0 Å². The van der Waals surface area contributed by atoms with Gasteiger partial charge in [0.25, 0.3) is 0 Å². The topological polar surface area (TPSA) is 105 Å². The quantitative estimate of drug-likeness (QED) is 0.603. The number of carbonyl (C=O) groups is 1. The summed E-state index contributed by atoms with van der Waals surface area (Å²) in [6.45, 7) is 3.74. The van der Waals surface area contributed by atoms with Crippen LogP contribution in [0, 0.1) is 5.92 Å². The molecule has 0 radical (unpaired) electrons. The van der Waals surface area contributed by atoms with Gasteiger partial charge in [0.1, 0.15) is 23.7 Å². The van der Waals surface area contributed by atoms with Crippen LogP contribution in [0.2, 0.25) is 0 Å². The standard InChI is InChI=1S/C21H29N5O3S/c1-3-4-5-6-18(27)16-9-11-26(12-10-16)20-13-19(23-15-24-20)25-17-7-8-21(22-14-17)30(2,28)29/h7-8,13-16H,3-6,9-12H2,1-2H3,(H,23,24,25). The Balaban J connectivity index is 1.58. The minimum absolute atomic E-state index is 0.0311. The Morgan fingerprint density at radius 1 is 1.17 bits per heavy atom. The number of hydrogen-bond acceptors (Lipinski definition) is 8. The number of rotatable bonds is 9. The third-order valence-corrected chi connectivity index (χ3v) is 6.34. The maximum absolute atomic E-state index is 12.4. The molecule has 1 fully saturated rings. The molecule has 0 amide bonds. The molecule has 2 aromatic rings. The fourth-order valence-corrected chi connectivity index (χ4v) is 4.15. The van der Waals surface area contributed by atoms with Crippen LogP contribution in [0.15, 0.2) is 35.7 Å². The van der Waals surface area contributed by atoms with Crippen LogP contribution in [-0.4, -0.2) is 48.5 Å². The Hall–Kier alpha value is -2.55. The van der Waals surface area contributed by atoms with Gasteiger partial charge in [-0.25, -0.2) is 23.4 Å². The summed E-state index contributed by atoms with van der Waals surface area (Å²) in [5.41, 5.74) is 0.642. The van der Waals surface area contributed by atoms with E-state index in [1.807, 2.05) is 6.07 Å². The van der Waals surface area contributed by atoms with E-state index < -0.39 is 9.84 Å². The molecule has 1 aliphatic heterocycles. The van der Waals surface area contributed by atoms with Crippen molar-refractivity contribution < 1.29 is 13.2 Å². The van der Waals surface area contributed by atoms with Crippen molar-refractivity contribution in [2.24, 2.45) is 5.92 Å². The highest BCUT2D eigenvalue weighted by molar-refractivity contribution is 7.90. The number of pyridine rings is 1. The predicted molar refractivity (Wildman–Crippen MR) is 117 cm³/mol. The molecular weight excluding hydrogens is 402 g/mol. The zero-order valence-electron chi connectivity index (χ0n) is 17.5. The number of anilines is 3. The number of unbranched alkanes of at least 4 members (excludes halogenated alkanes) is 2. The van der Waals surface area contributed by atoms with E-state index in [1.54, 1.807) is 6.07 Å². The number of carbonyl (C=O) groups excluding carboxylic acids is 1. The molecule has 0 unspecified atom stereocenters. The van der Waals surface area contributed by atoms with E-state index in [1.165, 1.54) is 18.6 Å². The molecule has 3 heterocycles. The molecule has 0 bridgehead atoms. The fourth-order valence-electron chi connectivity index (χ4n) is 3.59. The summed E-state index contributed by atoms with van der Waals surface area (Å²) in [6.07, 6.45) is 9.75. The monoisotopic (exact) mass is 431 g/mol. The minimum Gasteiger partial charge on any atom is -0.356 e. The van der Waals surface area contributed by atoms with Gasteiger partial charge in [-0.15, -0.1) is 0 Å². The minimum atomic E-state index is -3.33. The number of sulfone groups is 1. The van der Waals surface area contributed by atoms with Crippen molar-refractivity contribution >= 4 is 32.9 Å². The summed E-state index contributed by atoms with van der Waals surface area (Å²) in [5, 5.41) is 3.16. The van der Waals surface area contributed by atoms with Crippen LogP contribution in [-0.2, 0) is 14.6 Å². The first-order valence-electron chi connectivity index (χ1n) is 10.4. The lowest BCUT2D eigenvalue weighted by molar-refractivity contribution is -0.123. The summed E-state index contributed by atoms with van der Waals surface area (Å²) in [7, 11) is -3.33. The van der Waals surface area contributed by atoms with Gasteiger partial charge in [0.2, 0.25) is 0 Å². The predicted octanol–water partition coefficient (Wildman–Crippen LogP) is 3.38. The molecule has 2 aromatic heterocycles. The third kappa shape index (κ3) is 5.98. The number of aromatic nitrogens is 3. The van der Waals surface area contributed by atoms with Gasteiger partial charge in [0.15, 0.2) is 14.9 Å². The zero-order valence-corrected chi connectivity index (χ0v) is 18.4. The SMILES string of the molecule is CCCCCC(=O)C1CCN(c2cc(Nc3ccc(S(C)(=O)=O)nc3)ncn2)CC1. The lowest BCUT2D eigenvalue weighted by Crippen LogP contribution is -2.36. The van der Waals surface area contributed by atoms with E-state index >= 15 is 0 Å². The number of nitrogens with one attached hydrogen (secondary N) is 1. The average Bonchev–Trinajstić information content (AvgIpc) is 2.74. The number of Topliss-reactive ketones (excluding diaryl/α,β-unsaturated/α-hetero) is 1. The van der Waals surface area contributed by atoms with Gasteiger partial charge in [-0.05, 0) is 31.4 Å². The van der Waals surface area contributed by atoms with Crippen LogP contribution in [0.5, 0.6) is 0 Å². The van der Waals surface area contributed by atoms with E-state index in [4.69, 9.17) is 0 Å². The molecule has 3 rings (SSSR count). The van der Waals surface area contributed by atoms with Gasteiger partial charge < -0.3 is 10.2 Å².